The monoisotopic (exact) mass is 640 g/mol. The molecule has 2 saturated heterocycles. The Hall–Kier alpha value is -3.26. The van der Waals surface area contributed by atoms with Gasteiger partial charge in [-0.3, -0.25) is 9.80 Å². The molecule has 3 aromatic carbocycles. The van der Waals surface area contributed by atoms with Gasteiger partial charge in [0.1, 0.15) is 24.2 Å². The fraction of sp³-hybridized carbons (Fsp3) is 0.487. The third-order valence-electron chi connectivity index (χ3n) is 10.2. The van der Waals surface area contributed by atoms with E-state index in [0.29, 0.717) is 18.4 Å². The molecule has 0 unspecified atom stereocenters. The van der Waals surface area contributed by atoms with Gasteiger partial charge in [-0.2, -0.15) is 0 Å². The Kier molecular flexibility index (Phi) is 9.99. The molecule has 1 aromatic heterocycles. The van der Waals surface area contributed by atoms with E-state index >= 15 is 0 Å². The predicted octanol–water partition coefficient (Wildman–Crippen LogP) is 8.52. The van der Waals surface area contributed by atoms with Gasteiger partial charge >= 0.3 is 0 Å². The molecule has 0 amide bonds. The molecule has 1 saturated carbocycles. The van der Waals surface area contributed by atoms with Gasteiger partial charge in [0.25, 0.3) is 0 Å². The Morgan fingerprint density at radius 1 is 0.804 bits per heavy atom. The topological polar surface area (TPSA) is 54.4 Å². The number of likely N-dealkylation sites (tertiary alicyclic amines) is 2. The van der Waals surface area contributed by atoms with Crippen LogP contribution in [0.4, 0.5) is 0 Å². The minimum atomic E-state index is 0.207. The van der Waals surface area contributed by atoms with Gasteiger partial charge in [0.2, 0.25) is 0 Å². The average Bonchev–Trinajstić information content (AvgIpc) is 3.74. The van der Waals surface area contributed by atoms with E-state index in [4.69, 9.17) is 14.2 Å². The van der Waals surface area contributed by atoms with Crippen LogP contribution in [-0.2, 0) is 6.42 Å². The van der Waals surface area contributed by atoms with E-state index in [0.717, 1.165) is 46.9 Å². The Bertz CT molecular complexity index is 1590. The summed E-state index contributed by atoms with van der Waals surface area (Å²) < 4.78 is 19.9. The van der Waals surface area contributed by atoms with Gasteiger partial charge in [-0.05, 0) is 154 Å². The molecule has 46 heavy (non-hydrogen) atoms. The molecule has 0 bridgehead atoms. The molecule has 4 aromatic rings. The second-order valence-corrected chi connectivity index (χ2v) is 14.3. The molecule has 2 aliphatic heterocycles. The fourth-order valence-corrected chi connectivity index (χ4v) is 8.98. The summed E-state index contributed by atoms with van der Waals surface area (Å²) in [5.74, 6) is 2.85. The maximum atomic E-state index is 10.3. The first-order chi connectivity index (χ1) is 22.6. The second-order valence-electron chi connectivity index (χ2n) is 13.3. The van der Waals surface area contributed by atoms with E-state index in [2.05, 4.69) is 52.3 Å². The SMILES string of the molecule is COc1cc(Cc2c(-c3ccc(OCCN4CCCC4)cc3)sc3cc(O)ccc23)ccc1O[C@@H]1CCCC[C@H]1N1CCCCC1. The Balaban J connectivity index is 1.10. The van der Waals surface area contributed by atoms with E-state index < -0.39 is 0 Å². The standard InChI is InChI=1S/C39H48N2O4S/c1-43-37-26-28(11-18-36(37)45-35-10-4-3-9-34(35)41-21-5-2-6-22-41)25-33-32-17-14-30(42)27-38(32)46-39(33)29-12-15-31(16-13-29)44-24-23-40-19-7-8-20-40/h11-18,26-27,34-35,42H,2-10,19-25H2,1H3/t34-,35-/m1/s1. The van der Waals surface area contributed by atoms with Gasteiger partial charge < -0.3 is 19.3 Å². The Morgan fingerprint density at radius 2 is 1.59 bits per heavy atom. The summed E-state index contributed by atoms with van der Waals surface area (Å²) in [6.45, 7) is 6.47. The number of nitrogens with zero attached hydrogens (tertiary/aromatic N) is 2. The highest BCUT2D eigenvalue weighted by Gasteiger charge is 2.33. The maximum Gasteiger partial charge on any atom is 0.161 e. The Morgan fingerprint density at radius 3 is 2.39 bits per heavy atom. The lowest BCUT2D eigenvalue weighted by atomic mass is 9.90. The molecule has 3 fully saturated rings. The van der Waals surface area contributed by atoms with Crippen LogP contribution in [0.2, 0.25) is 0 Å². The highest BCUT2D eigenvalue weighted by atomic mass is 32.1. The summed E-state index contributed by atoms with van der Waals surface area (Å²) in [5.41, 5.74) is 3.60. The number of ether oxygens (including phenoxy) is 3. The minimum absolute atomic E-state index is 0.207. The molecule has 7 rings (SSSR count). The average molecular weight is 641 g/mol. The first kappa shape index (κ1) is 31.3. The van der Waals surface area contributed by atoms with Crippen molar-refractivity contribution in [1.82, 2.24) is 9.80 Å². The van der Waals surface area contributed by atoms with Crippen molar-refractivity contribution in [3.63, 3.8) is 0 Å². The van der Waals surface area contributed by atoms with Gasteiger partial charge in [-0.25, -0.2) is 0 Å². The first-order valence-corrected chi connectivity index (χ1v) is 18.2. The zero-order valence-electron chi connectivity index (χ0n) is 27.2. The molecular formula is C39H48N2O4S. The van der Waals surface area contributed by atoms with Crippen LogP contribution in [0.1, 0.15) is 68.9 Å². The number of piperidine rings is 1. The highest BCUT2D eigenvalue weighted by Crippen LogP contribution is 2.42. The van der Waals surface area contributed by atoms with E-state index in [1.54, 1.807) is 24.5 Å². The van der Waals surface area contributed by atoms with E-state index in [1.165, 1.54) is 98.9 Å². The van der Waals surface area contributed by atoms with Gasteiger partial charge in [0.15, 0.2) is 11.5 Å². The lowest BCUT2D eigenvalue weighted by Crippen LogP contribution is -2.49. The van der Waals surface area contributed by atoms with Crippen LogP contribution in [0.15, 0.2) is 60.7 Å². The van der Waals surface area contributed by atoms with Crippen LogP contribution in [0.5, 0.6) is 23.0 Å². The zero-order chi connectivity index (χ0) is 31.3. The normalized spacial score (nSPS) is 21.1. The van der Waals surface area contributed by atoms with Crippen molar-refractivity contribution in [3.8, 4) is 33.4 Å². The molecule has 3 heterocycles. The molecule has 1 aliphatic carbocycles. The first-order valence-electron chi connectivity index (χ1n) is 17.4. The Labute approximate surface area is 277 Å². The van der Waals surface area contributed by atoms with Crippen molar-refractivity contribution >= 4 is 21.4 Å². The number of hydrogen-bond acceptors (Lipinski definition) is 7. The van der Waals surface area contributed by atoms with Crippen LogP contribution in [0, 0.1) is 0 Å². The fourth-order valence-electron chi connectivity index (χ4n) is 7.72. The number of phenolic OH excluding ortho intramolecular Hbond substituents is 1. The molecule has 244 valence electrons. The predicted molar refractivity (Wildman–Crippen MR) is 188 cm³/mol. The summed E-state index contributed by atoms with van der Waals surface area (Å²) >= 11 is 1.73. The van der Waals surface area contributed by atoms with Gasteiger partial charge in [0.05, 0.1) is 7.11 Å². The third-order valence-corrected chi connectivity index (χ3v) is 11.4. The van der Waals surface area contributed by atoms with Crippen LogP contribution in [0.3, 0.4) is 0 Å². The number of aromatic hydroxyl groups is 1. The number of thiophene rings is 1. The van der Waals surface area contributed by atoms with Gasteiger partial charge in [-0.1, -0.05) is 18.9 Å². The van der Waals surface area contributed by atoms with Crippen molar-refractivity contribution in [2.24, 2.45) is 0 Å². The molecule has 0 radical (unpaired) electrons. The van der Waals surface area contributed by atoms with Crippen LogP contribution in [-0.4, -0.2) is 73.5 Å². The zero-order valence-corrected chi connectivity index (χ0v) is 28.0. The largest absolute Gasteiger partial charge is 0.508 e. The van der Waals surface area contributed by atoms with Crippen LogP contribution in [0.25, 0.3) is 20.5 Å². The molecular weight excluding hydrogens is 593 g/mol. The van der Waals surface area contributed by atoms with Crippen LogP contribution < -0.4 is 14.2 Å². The molecule has 1 N–H and O–H groups in total. The third kappa shape index (κ3) is 7.17. The second kappa shape index (κ2) is 14.7. The lowest BCUT2D eigenvalue weighted by molar-refractivity contribution is 0.0248. The molecule has 6 nitrogen and oxygen atoms in total. The van der Waals surface area contributed by atoms with Crippen molar-refractivity contribution in [1.29, 1.82) is 0 Å². The van der Waals surface area contributed by atoms with Crippen LogP contribution >= 0.6 is 11.3 Å². The number of phenols is 1. The van der Waals surface area contributed by atoms with E-state index in [1.807, 2.05) is 12.1 Å². The number of methoxy groups -OCH3 is 1. The molecule has 3 aliphatic rings. The molecule has 0 spiro atoms. The number of rotatable bonds is 11. The van der Waals surface area contributed by atoms with Gasteiger partial charge in [0, 0.05) is 22.2 Å². The number of benzene rings is 3. The summed E-state index contributed by atoms with van der Waals surface area (Å²) in [7, 11) is 1.75. The number of fused-ring (bicyclic) bond motifs is 1. The van der Waals surface area contributed by atoms with E-state index in [9.17, 15) is 5.11 Å². The summed E-state index contributed by atoms with van der Waals surface area (Å²) in [4.78, 5) is 6.38. The highest BCUT2D eigenvalue weighted by molar-refractivity contribution is 7.22. The summed E-state index contributed by atoms with van der Waals surface area (Å²) in [5, 5.41) is 11.5. The lowest BCUT2D eigenvalue weighted by Gasteiger charge is -2.41. The smallest absolute Gasteiger partial charge is 0.161 e. The number of hydrogen-bond donors (Lipinski definition) is 1. The van der Waals surface area contributed by atoms with Gasteiger partial charge in [-0.15, -0.1) is 11.3 Å². The van der Waals surface area contributed by atoms with E-state index in [-0.39, 0.29) is 6.10 Å². The minimum Gasteiger partial charge on any atom is -0.508 e. The van der Waals surface area contributed by atoms with Crippen molar-refractivity contribution in [3.05, 3.63) is 71.8 Å². The molecule has 2 atom stereocenters. The summed E-state index contributed by atoms with van der Waals surface area (Å²) in [6.07, 6.45) is 12.4. The molecule has 7 heteroatoms. The summed E-state index contributed by atoms with van der Waals surface area (Å²) in [6, 6.07) is 21.2. The van der Waals surface area contributed by atoms with Crippen molar-refractivity contribution in [2.75, 3.05) is 46.4 Å². The van der Waals surface area contributed by atoms with Crippen molar-refractivity contribution in [2.45, 2.75) is 76.4 Å². The van der Waals surface area contributed by atoms with Crippen molar-refractivity contribution < 1.29 is 19.3 Å². The maximum absolute atomic E-state index is 10.3. The quantitative estimate of drug-likeness (QED) is 0.177.